The Morgan fingerprint density at radius 2 is 2.00 bits per heavy atom. The highest BCUT2D eigenvalue weighted by molar-refractivity contribution is 5.76. The maximum absolute atomic E-state index is 14.1. The van der Waals surface area contributed by atoms with E-state index in [1.54, 1.807) is 18.4 Å². The van der Waals surface area contributed by atoms with E-state index in [2.05, 4.69) is 11.9 Å². The maximum atomic E-state index is 14.1. The molecular formula is C20H25FN2O2. The molecule has 3 rings (SSSR count). The number of hydrogen-bond acceptors (Lipinski definition) is 3. The van der Waals surface area contributed by atoms with Crippen molar-refractivity contribution in [3.8, 4) is 0 Å². The number of nitrogens with zero attached hydrogens (tertiary/aromatic N) is 2. The summed E-state index contributed by atoms with van der Waals surface area (Å²) in [4.78, 5) is 17.0. The lowest BCUT2D eigenvalue weighted by atomic mass is 10.0. The molecule has 1 aliphatic heterocycles. The molecule has 25 heavy (non-hydrogen) atoms. The fraction of sp³-hybridized carbons (Fsp3) is 0.450. The highest BCUT2D eigenvalue weighted by Crippen LogP contribution is 2.21. The van der Waals surface area contributed by atoms with Crippen LogP contribution in [0.1, 0.15) is 30.6 Å². The Hall–Kier alpha value is -2.14. The first-order valence-electron chi connectivity index (χ1n) is 8.87. The van der Waals surface area contributed by atoms with Crippen LogP contribution in [0.5, 0.6) is 0 Å². The fourth-order valence-corrected chi connectivity index (χ4v) is 3.37. The van der Waals surface area contributed by atoms with Gasteiger partial charge in [0.2, 0.25) is 5.91 Å². The normalized spacial score (nSPS) is 16.1. The van der Waals surface area contributed by atoms with Crippen molar-refractivity contribution in [3.05, 3.63) is 59.8 Å². The van der Waals surface area contributed by atoms with E-state index in [1.807, 2.05) is 23.1 Å². The van der Waals surface area contributed by atoms with Gasteiger partial charge >= 0.3 is 0 Å². The molecule has 2 heterocycles. The summed E-state index contributed by atoms with van der Waals surface area (Å²) in [5, 5.41) is 0. The zero-order chi connectivity index (χ0) is 17.6. The van der Waals surface area contributed by atoms with Gasteiger partial charge in [0.25, 0.3) is 0 Å². The molecule has 0 radical (unpaired) electrons. The molecule has 0 unspecified atom stereocenters. The van der Waals surface area contributed by atoms with Gasteiger partial charge in [0.1, 0.15) is 11.6 Å². The molecule has 1 aliphatic rings. The van der Waals surface area contributed by atoms with E-state index < -0.39 is 0 Å². The molecule has 1 saturated heterocycles. The van der Waals surface area contributed by atoms with Crippen LogP contribution >= 0.6 is 0 Å². The summed E-state index contributed by atoms with van der Waals surface area (Å²) < 4.78 is 19.4. The predicted octanol–water partition coefficient (Wildman–Crippen LogP) is 3.47. The van der Waals surface area contributed by atoms with Crippen molar-refractivity contribution in [2.24, 2.45) is 0 Å². The number of halogens is 1. The monoisotopic (exact) mass is 344 g/mol. The predicted molar refractivity (Wildman–Crippen MR) is 94.5 cm³/mol. The van der Waals surface area contributed by atoms with Crippen LogP contribution in [0.25, 0.3) is 0 Å². The van der Waals surface area contributed by atoms with Gasteiger partial charge in [-0.15, -0.1) is 0 Å². The molecule has 1 amide bonds. The van der Waals surface area contributed by atoms with Crippen LogP contribution in [0.15, 0.2) is 47.1 Å². The summed E-state index contributed by atoms with van der Waals surface area (Å²) in [6, 6.07) is 10.6. The number of benzene rings is 1. The van der Waals surface area contributed by atoms with Gasteiger partial charge in [-0.1, -0.05) is 18.2 Å². The SMILES string of the molecule is CN1CCC(N(Cc2ccccc2F)C(=O)CCc2ccco2)CC1. The molecule has 134 valence electrons. The molecule has 2 aromatic rings. The largest absolute Gasteiger partial charge is 0.469 e. The first-order chi connectivity index (χ1) is 12.1. The van der Waals surface area contributed by atoms with Gasteiger partial charge in [-0.25, -0.2) is 4.39 Å². The summed E-state index contributed by atoms with van der Waals surface area (Å²) in [5.74, 6) is 0.621. The highest BCUT2D eigenvalue weighted by Gasteiger charge is 2.27. The van der Waals surface area contributed by atoms with Gasteiger partial charge in [-0.2, -0.15) is 0 Å². The van der Waals surface area contributed by atoms with Crippen molar-refractivity contribution in [2.45, 2.75) is 38.3 Å². The van der Waals surface area contributed by atoms with E-state index in [4.69, 9.17) is 4.42 Å². The average Bonchev–Trinajstić information content (AvgIpc) is 3.13. The van der Waals surface area contributed by atoms with Crippen molar-refractivity contribution in [3.63, 3.8) is 0 Å². The van der Waals surface area contributed by atoms with E-state index in [0.29, 0.717) is 24.9 Å². The number of carbonyl (C=O) groups excluding carboxylic acids is 1. The second kappa shape index (κ2) is 8.30. The van der Waals surface area contributed by atoms with E-state index in [-0.39, 0.29) is 17.8 Å². The molecule has 0 N–H and O–H groups in total. The number of rotatable bonds is 6. The van der Waals surface area contributed by atoms with Crippen LogP contribution in [0, 0.1) is 5.82 Å². The lowest BCUT2D eigenvalue weighted by Gasteiger charge is -2.37. The fourth-order valence-electron chi connectivity index (χ4n) is 3.37. The number of hydrogen-bond donors (Lipinski definition) is 0. The lowest BCUT2D eigenvalue weighted by Crippen LogP contribution is -2.46. The number of likely N-dealkylation sites (tertiary alicyclic amines) is 1. The van der Waals surface area contributed by atoms with Gasteiger partial charge in [-0.3, -0.25) is 4.79 Å². The number of furan rings is 1. The number of carbonyl (C=O) groups is 1. The molecule has 0 spiro atoms. The summed E-state index contributed by atoms with van der Waals surface area (Å²) in [6.45, 7) is 2.26. The smallest absolute Gasteiger partial charge is 0.223 e. The van der Waals surface area contributed by atoms with Gasteiger partial charge in [0, 0.05) is 31.0 Å². The van der Waals surface area contributed by atoms with Gasteiger partial charge in [0.15, 0.2) is 0 Å². The molecule has 0 bridgehead atoms. The second-order valence-electron chi connectivity index (χ2n) is 6.73. The van der Waals surface area contributed by atoms with Crippen molar-refractivity contribution < 1.29 is 13.6 Å². The van der Waals surface area contributed by atoms with Crippen LogP contribution in [-0.4, -0.2) is 41.9 Å². The maximum Gasteiger partial charge on any atom is 0.223 e. The average molecular weight is 344 g/mol. The van der Waals surface area contributed by atoms with Crippen LogP contribution in [0.3, 0.4) is 0 Å². The second-order valence-corrected chi connectivity index (χ2v) is 6.73. The Balaban J connectivity index is 1.71. The Bertz CT molecular complexity index is 679. The third-order valence-electron chi connectivity index (χ3n) is 4.91. The molecule has 4 nitrogen and oxygen atoms in total. The molecule has 0 saturated carbocycles. The summed E-state index contributed by atoms with van der Waals surface area (Å²) in [7, 11) is 2.09. The minimum Gasteiger partial charge on any atom is -0.469 e. The van der Waals surface area contributed by atoms with Gasteiger partial charge in [-0.05, 0) is 51.2 Å². The quantitative estimate of drug-likeness (QED) is 0.805. The Morgan fingerprint density at radius 1 is 1.24 bits per heavy atom. The number of amides is 1. The molecule has 5 heteroatoms. The molecule has 0 aliphatic carbocycles. The van der Waals surface area contributed by atoms with E-state index >= 15 is 0 Å². The van der Waals surface area contributed by atoms with Crippen LogP contribution in [0.2, 0.25) is 0 Å². The van der Waals surface area contributed by atoms with E-state index in [0.717, 1.165) is 31.7 Å². The summed E-state index contributed by atoms with van der Waals surface area (Å²) >= 11 is 0. The Labute approximate surface area is 148 Å². The Kier molecular flexibility index (Phi) is 5.87. The first-order valence-corrected chi connectivity index (χ1v) is 8.87. The van der Waals surface area contributed by atoms with Crippen molar-refractivity contribution in [2.75, 3.05) is 20.1 Å². The van der Waals surface area contributed by atoms with E-state index in [1.165, 1.54) is 6.07 Å². The third-order valence-corrected chi connectivity index (χ3v) is 4.91. The first kappa shape index (κ1) is 17.7. The molecule has 1 aromatic carbocycles. The molecular weight excluding hydrogens is 319 g/mol. The lowest BCUT2D eigenvalue weighted by molar-refractivity contribution is -0.135. The zero-order valence-electron chi connectivity index (χ0n) is 14.7. The molecule has 1 fully saturated rings. The van der Waals surface area contributed by atoms with Crippen LogP contribution < -0.4 is 0 Å². The van der Waals surface area contributed by atoms with Crippen molar-refractivity contribution in [1.29, 1.82) is 0 Å². The van der Waals surface area contributed by atoms with Gasteiger partial charge in [0.05, 0.1) is 6.26 Å². The number of aryl methyl sites for hydroxylation is 1. The Morgan fingerprint density at radius 3 is 2.68 bits per heavy atom. The minimum absolute atomic E-state index is 0.0641. The standard InChI is InChI=1S/C20H25FN2O2/c1-22-12-10-17(11-13-22)23(15-16-5-2-3-7-19(16)21)20(24)9-8-18-6-4-14-25-18/h2-7,14,17H,8-13,15H2,1H3. The highest BCUT2D eigenvalue weighted by atomic mass is 19.1. The van der Waals surface area contributed by atoms with Crippen molar-refractivity contribution in [1.82, 2.24) is 9.80 Å². The third kappa shape index (κ3) is 4.69. The number of piperidine rings is 1. The van der Waals surface area contributed by atoms with E-state index in [9.17, 15) is 9.18 Å². The summed E-state index contributed by atoms with van der Waals surface area (Å²) in [5.41, 5.74) is 0.577. The van der Waals surface area contributed by atoms with Crippen molar-refractivity contribution >= 4 is 5.91 Å². The van der Waals surface area contributed by atoms with Crippen LogP contribution in [0.4, 0.5) is 4.39 Å². The minimum atomic E-state index is -0.251. The molecule has 1 aromatic heterocycles. The van der Waals surface area contributed by atoms with Gasteiger partial charge < -0.3 is 14.2 Å². The van der Waals surface area contributed by atoms with Crippen LogP contribution in [-0.2, 0) is 17.8 Å². The summed E-state index contributed by atoms with van der Waals surface area (Å²) in [6.07, 6.45) is 4.43. The topological polar surface area (TPSA) is 36.7 Å². The zero-order valence-corrected chi connectivity index (χ0v) is 14.7. The molecule has 0 atom stereocenters.